The molecule has 1 aromatic rings. The van der Waals surface area contributed by atoms with Crippen LogP contribution in [0.25, 0.3) is 0 Å². The number of anilines is 1. The summed E-state index contributed by atoms with van der Waals surface area (Å²) < 4.78 is 0. The minimum atomic E-state index is -0.901. The second-order valence-corrected chi connectivity index (χ2v) is 4.53. The molecule has 0 saturated carbocycles. The molecule has 0 atom stereocenters. The van der Waals surface area contributed by atoms with E-state index in [0.29, 0.717) is 23.8 Å². The van der Waals surface area contributed by atoms with E-state index in [9.17, 15) is 9.59 Å². The third-order valence-corrected chi connectivity index (χ3v) is 3.34. The van der Waals surface area contributed by atoms with Crippen molar-refractivity contribution in [2.24, 2.45) is 0 Å². The molecule has 0 aliphatic carbocycles. The molecule has 2 rings (SSSR count). The Morgan fingerprint density at radius 2 is 2.38 bits per heavy atom. The van der Waals surface area contributed by atoms with Crippen molar-refractivity contribution < 1.29 is 14.7 Å². The van der Waals surface area contributed by atoms with Crippen LogP contribution in [0.1, 0.15) is 25.0 Å². The Morgan fingerprint density at radius 3 is 3.06 bits per heavy atom. The highest BCUT2D eigenvalue weighted by molar-refractivity contribution is 7.14. The van der Waals surface area contributed by atoms with Crippen LogP contribution in [-0.2, 0) is 16.0 Å². The molecule has 1 aliphatic rings. The third kappa shape index (κ3) is 2.38. The Balaban J connectivity index is 2.11. The molecule has 1 aliphatic heterocycles. The fourth-order valence-corrected chi connectivity index (χ4v) is 2.53. The number of hydrogen-bond acceptors (Lipinski definition) is 4. The summed E-state index contributed by atoms with van der Waals surface area (Å²) in [7, 11) is 0. The fraction of sp³-hybridized carbons (Fsp3) is 0.500. The van der Waals surface area contributed by atoms with E-state index in [2.05, 4.69) is 4.98 Å². The Hall–Kier alpha value is -1.43. The van der Waals surface area contributed by atoms with Crippen molar-refractivity contribution in [2.45, 2.75) is 25.7 Å². The number of amides is 1. The molecular formula is C10H12N2O3S. The Bertz CT molecular complexity index is 416. The number of hydrogen-bond donors (Lipinski definition) is 1. The van der Waals surface area contributed by atoms with Crippen LogP contribution in [0.2, 0.25) is 0 Å². The maximum absolute atomic E-state index is 11.6. The first kappa shape index (κ1) is 11.1. The molecule has 1 aromatic heterocycles. The first-order chi connectivity index (χ1) is 7.66. The van der Waals surface area contributed by atoms with E-state index in [-0.39, 0.29) is 12.3 Å². The van der Waals surface area contributed by atoms with Crippen LogP contribution in [0, 0.1) is 0 Å². The van der Waals surface area contributed by atoms with Gasteiger partial charge >= 0.3 is 5.97 Å². The number of carboxylic acid groups (broad SMARTS) is 1. The highest BCUT2D eigenvalue weighted by atomic mass is 32.1. The van der Waals surface area contributed by atoms with E-state index in [1.165, 1.54) is 11.3 Å². The average Bonchev–Trinajstić information content (AvgIpc) is 2.66. The van der Waals surface area contributed by atoms with Gasteiger partial charge in [-0.2, -0.15) is 0 Å². The lowest BCUT2D eigenvalue weighted by atomic mass is 10.1. The van der Waals surface area contributed by atoms with Crippen molar-refractivity contribution in [1.82, 2.24) is 4.98 Å². The maximum atomic E-state index is 11.6. The van der Waals surface area contributed by atoms with Gasteiger partial charge in [-0.3, -0.25) is 14.5 Å². The van der Waals surface area contributed by atoms with E-state index >= 15 is 0 Å². The van der Waals surface area contributed by atoms with Gasteiger partial charge in [0, 0.05) is 18.3 Å². The minimum absolute atomic E-state index is 0.0848. The van der Waals surface area contributed by atoms with Gasteiger partial charge < -0.3 is 5.11 Å². The van der Waals surface area contributed by atoms with Gasteiger partial charge in [0.15, 0.2) is 5.13 Å². The lowest BCUT2D eigenvalue weighted by Gasteiger charge is -2.23. The molecule has 16 heavy (non-hydrogen) atoms. The molecule has 0 unspecified atom stereocenters. The summed E-state index contributed by atoms with van der Waals surface area (Å²) >= 11 is 1.33. The zero-order chi connectivity index (χ0) is 11.5. The molecule has 1 amide bonds. The Morgan fingerprint density at radius 1 is 1.56 bits per heavy atom. The van der Waals surface area contributed by atoms with Gasteiger partial charge in [0.1, 0.15) is 0 Å². The van der Waals surface area contributed by atoms with Crippen LogP contribution in [-0.4, -0.2) is 28.5 Å². The summed E-state index contributed by atoms with van der Waals surface area (Å²) in [6.07, 6.45) is 2.40. The van der Waals surface area contributed by atoms with Crippen LogP contribution < -0.4 is 4.90 Å². The number of rotatable bonds is 3. The molecule has 2 heterocycles. The number of aliphatic carboxylic acids is 1. The quantitative estimate of drug-likeness (QED) is 0.864. The zero-order valence-corrected chi connectivity index (χ0v) is 9.50. The van der Waals surface area contributed by atoms with Gasteiger partial charge in [0.2, 0.25) is 5.91 Å². The van der Waals surface area contributed by atoms with Crippen LogP contribution >= 0.6 is 11.3 Å². The highest BCUT2D eigenvalue weighted by Gasteiger charge is 2.22. The van der Waals surface area contributed by atoms with Crippen LogP contribution in [0.3, 0.4) is 0 Å². The molecule has 1 N–H and O–H groups in total. The smallest absolute Gasteiger partial charge is 0.309 e. The van der Waals surface area contributed by atoms with Crippen molar-refractivity contribution in [3.8, 4) is 0 Å². The molecule has 0 radical (unpaired) electrons. The van der Waals surface area contributed by atoms with E-state index in [1.54, 1.807) is 10.3 Å². The molecule has 1 fully saturated rings. The number of piperidine rings is 1. The van der Waals surface area contributed by atoms with Crippen molar-refractivity contribution >= 4 is 28.3 Å². The van der Waals surface area contributed by atoms with Crippen LogP contribution in [0.5, 0.6) is 0 Å². The fourth-order valence-electron chi connectivity index (χ4n) is 1.66. The van der Waals surface area contributed by atoms with Gasteiger partial charge in [0.05, 0.1) is 12.1 Å². The first-order valence-corrected chi connectivity index (χ1v) is 6.01. The van der Waals surface area contributed by atoms with Crippen LogP contribution in [0.15, 0.2) is 5.38 Å². The van der Waals surface area contributed by atoms with Gasteiger partial charge in [-0.1, -0.05) is 0 Å². The van der Waals surface area contributed by atoms with E-state index < -0.39 is 5.97 Å². The topological polar surface area (TPSA) is 70.5 Å². The molecule has 0 spiro atoms. The molecule has 0 bridgehead atoms. The van der Waals surface area contributed by atoms with Crippen LogP contribution in [0.4, 0.5) is 5.13 Å². The second-order valence-electron chi connectivity index (χ2n) is 3.69. The summed E-state index contributed by atoms with van der Waals surface area (Å²) in [4.78, 5) is 27.9. The largest absolute Gasteiger partial charge is 0.481 e. The number of nitrogens with zero attached hydrogens (tertiary/aromatic N) is 2. The number of carbonyl (C=O) groups excluding carboxylic acids is 1. The Labute approximate surface area is 96.7 Å². The molecule has 1 saturated heterocycles. The van der Waals surface area contributed by atoms with Gasteiger partial charge in [-0.25, -0.2) is 4.98 Å². The predicted molar refractivity (Wildman–Crippen MR) is 59.7 cm³/mol. The lowest BCUT2D eigenvalue weighted by molar-refractivity contribution is -0.136. The molecule has 6 heteroatoms. The van der Waals surface area contributed by atoms with Crippen molar-refractivity contribution in [2.75, 3.05) is 11.4 Å². The Kier molecular flexibility index (Phi) is 3.19. The molecule has 0 aromatic carbocycles. The predicted octanol–water partition coefficient (Wildman–Crippen LogP) is 1.29. The summed E-state index contributed by atoms with van der Waals surface area (Å²) in [6, 6.07) is 0. The number of carboxylic acids is 1. The van der Waals surface area contributed by atoms with E-state index in [0.717, 1.165) is 12.8 Å². The second kappa shape index (κ2) is 4.61. The van der Waals surface area contributed by atoms with Crippen molar-refractivity contribution in [3.05, 3.63) is 11.1 Å². The number of thiazole rings is 1. The molecular weight excluding hydrogens is 228 g/mol. The minimum Gasteiger partial charge on any atom is -0.481 e. The highest BCUT2D eigenvalue weighted by Crippen LogP contribution is 2.24. The zero-order valence-electron chi connectivity index (χ0n) is 8.68. The van der Waals surface area contributed by atoms with E-state index in [4.69, 9.17) is 5.11 Å². The number of carbonyl (C=O) groups is 2. The van der Waals surface area contributed by atoms with Crippen molar-refractivity contribution in [1.29, 1.82) is 0 Å². The monoisotopic (exact) mass is 240 g/mol. The molecule has 86 valence electrons. The standard InChI is InChI=1S/C10H12N2O3S/c13-8-3-1-2-4-12(8)10-11-7(6-16-10)5-9(14)15/h6H,1-5H2,(H,14,15). The third-order valence-electron chi connectivity index (χ3n) is 2.43. The average molecular weight is 240 g/mol. The summed E-state index contributed by atoms with van der Waals surface area (Å²) in [5.74, 6) is -0.815. The number of aromatic nitrogens is 1. The summed E-state index contributed by atoms with van der Waals surface area (Å²) in [5, 5.41) is 10.9. The van der Waals surface area contributed by atoms with Gasteiger partial charge in [0.25, 0.3) is 0 Å². The lowest BCUT2D eigenvalue weighted by Crippen LogP contribution is -2.35. The van der Waals surface area contributed by atoms with E-state index in [1.807, 2.05) is 0 Å². The maximum Gasteiger partial charge on any atom is 0.309 e. The summed E-state index contributed by atoms with van der Waals surface area (Å²) in [5.41, 5.74) is 0.519. The van der Waals surface area contributed by atoms with Gasteiger partial charge in [-0.15, -0.1) is 11.3 Å². The van der Waals surface area contributed by atoms with Gasteiger partial charge in [-0.05, 0) is 12.8 Å². The SMILES string of the molecule is O=C(O)Cc1csc(N2CCCCC2=O)n1. The summed E-state index contributed by atoms with van der Waals surface area (Å²) in [6.45, 7) is 0.693. The molecule has 5 nitrogen and oxygen atoms in total. The normalized spacial score (nSPS) is 16.5. The van der Waals surface area contributed by atoms with Crippen molar-refractivity contribution in [3.63, 3.8) is 0 Å². The first-order valence-electron chi connectivity index (χ1n) is 5.13.